The molecule has 36 heavy (non-hydrogen) atoms. The van der Waals surface area contributed by atoms with Gasteiger partial charge in [-0.05, 0) is 42.2 Å². The van der Waals surface area contributed by atoms with Gasteiger partial charge < -0.3 is 20.3 Å². The minimum absolute atomic E-state index is 0.0761. The Morgan fingerprint density at radius 1 is 1.17 bits per heavy atom. The van der Waals surface area contributed by atoms with E-state index in [4.69, 9.17) is 11.6 Å². The smallest absolute Gasteiger partial charge is 0.245 e. The predicted octanol–water partition coefficient (Wildman–Crippen LogP) is 4.44. The fourth-order valence-electron chi connectivity index (χ4n) is 5.08. The third-order valence-electron chi connectivity index (χ3n) is 7.36. The normalized spacial score (nSPS) is 20.5. The maximum atomic E-state index is 13.5. The number of rotatable bonds is 7. The highest BCUT2D eigenvalue weighted by molar-refractivity contribution is 6.30. The Hall–Kier alpha value is -2.90. The van der Waals surface area contributed by atoms with Crippen molar-refractivity contribution in [3.8, 4) is 0 Å². The van der Waals surface area contributed by atoms with Crippen LogP contribution in [-0.2, 0) is 21.6 Å². The Morgan fingerprint density at radius 2 is 1.86 bits per heavy atom. The molecule has 1 aliphatic heterocycles. The minimum atomic E-state index is -1.09. The summed E-state index contributed by atoms with van der Waals surface area (Å²) in [7, 11) is 0. The van der Waals surface area contributed by atoms with Gasteiger partial charge in [0, 0.05) is 36.4 Å². The van der Waals surface area contributed by atoms with Crippen molar-refractivity contribution < 1.29 is 14.7 Å². The molecule has 1 fully saturated rings. The number of hydrogen-bond donors (Lipinski definition) is 3. The molecule has 8 heteroatoms. The van der Waals surface area contributed by atoms with E-state index in [9.17, 15) is 14.7 Å². The van der Waals surface area contributed by atoms with Crippen molar-refractivity contribution in [3.05, 3.63) is 64.9 Å². The number of aliphatic hydroxyl groups is 1. The van der Waals surface area contributed by atoms with Crippen molar-refractivity contribution in [1.82, 2.24) is 20.2 Å². The van der Waals surface area contributed by atoms with Gasteiger partial charge in [0.25, 0.3) is 0 Å². The zero-order valence-electron chi connectivity index (χ0n) is 21.3. The van der Waals surface area contributed by atoms with Crippen molar-refractivity contribution >= 4 is 34.4 Å². The molecule has 2 atom stereocenters. The first-order valence-electron chi connectivity index (χ1n) is 12.5. The number of aryl methyl sites for hydroxylation is 1. The number of imidazole rings is 1. The van der Waals surface area contributed by atoms with Gasteiger partial charge in [-0.1, -0.05) is 63.6 Å². The molecule has 2 amide bonds. The van der Waals surface area contributed by atoms with E-state index >= 15 is 0 Å². The number of H-pyrrole nitrogens is 1. The molecule has 0 bridgehead atoms. The number of fused-ring (bicyclic) bond motifs is 1. The van der Waals surface area contributed by atoms with Crippen LogP contribution in [0.5, 0.6) is 0 Å². The number of nitrogens with one attached hydrogen (secondary N) is 2. The third-order valence-corrected chi connectivity index (χ3v) is 7.61. The van der Waals surface area contributed by atoms with E-state index in [2.05, 4.69) is 15.3 Å². The molecule has 0 aliphatic carbocycles. The molecule has 1 aromatic heterocycles. The van der Waals surface area contributed by atoms with Crippen molar-refractivity contribution in [2.24, 2.45) is 11.3 Å². The molecule has 0 saturated carbocycles. The first-order chi connectivity index (χ1) is 17.0. The highest BCUT2D eigenvalue weighted by atomic mass is 35.5. The number of piperidine rings is 1. The summed E-state index contributed by atoms with van der Waals surface area (Å²) in [6.45, 7) is 8.58. The molecule has 0 unspecified atom stereocenters. The zero-order chi connectivity index (χ0) is 26.1. The average molecular weight is 511 g/mol. The molecular formula is C28H35ClN4O3. The van der Waals surface area contributed by atoms with Gasteiger partial charge in [0.05, 0.1) is 16.6 Å². The van der Waals surface area contributed by atoms with Crippen LogP contribution in [0.1, 0.15) is 51.9 Å². The molecule has 3 aromatic rings. The van der Waals surface area contributed by atoms with E-state index in [1.54, 1.807) is 17.0 Å². The quantitative estimate of drug-likeness (QED) is 0.437. The van der Waals surface area contributed by atoms with Crippen LogP contribution >= 0.6 is 11.6 Å². The maximum Gasteiger partial charge on any atom is 0.245 e. The molecular weight excluding hydrogens is 476 g/mol. The van der Waals surface area contributed by atoms with Gasteiger partial charge in [-0.15, -0.1) is 0 Å². The van der Waals surface area contributed by atoms with E-state index in [0.29, 0.717) is 31.0 Å². The second-order valence-corrected chi connectivity index (χ2v) is 11.2. The molecule has 4 rings (SSSR count). The van der Waals surface area contributed by atoms with E-state index in [0.717, 1.165) is 22.4 Å². The number of benzene rings is 2. The number of carbonyl (C=O) groups excluding carboxylic acids is 2. The van der Waals surface area contributed by atoms with Crippen LogP contribution < -0.4 is 5.32 Å². The van der Waals surface area contributed by atoms with Crippen molar-refractivity contribution in [2.75, 3.05) is 13.1 Å². The number of amides is 2. The maximum absolute atomic E-state index is 13.5. The predicted molar refractivity (Wildman–Crippen MR) is 142 cm³/mol. The number of para-hydroxylation sites is 2. The Labute approximate surface area is 217 Å². The van der Waals surface area contributed by atoms with Crippen molar-refractivity contribution in [2.45, 2.75) is 58.6 Å². The molecule has 0 radical (unpaired) electrons. The lowest BCUT2D eigenvalue weighted by Crippen LogP contribution is -2.60. The van der Waals surface area contributed by atoms with E-state index in [1.807, 2.05) is 64.1 Å². The molecule has 0 spiro atoms. The van der Waals surface area contributed by atoms with Gasteiger partial charge in [-0.3, -0.25) is 9.59 Å². The van der Waals surface area contributed by atoms with Gasteiger partial charge in [-0.25, -0.2) is 4.98 Å². The summed E-state index contributed by atoms with van der Waals surface area (Å²) >= 11 is 6.04. The lowest BCUT2D eigenvalue weighted by atomic mass is 9.66. The molecule has 192 valence electrons. The monoisotopic (exact) mass is 510 g/mol. The topological polar surface area (TPSA) is 98.3 Å². The summed E-state index contributed by atoms with van der Waals surface area (Å²) in [5.41, 5.74) is 0.922. The summed E-state index contributed by atoms with van der Waals surface area (Å²) in [5.74, 6) is 0.371. The first kappa shape index (κ1) is 26.2. The van der Waals surface area contributed by atoms with E-state index in [-0.39, 0.29) is 24.2 Å². The lowest BCUT2D eigenvalue weighted by Gasteiger charge is -2.51. The van der Waals surface area contributed by atoms with Gasteiger partial charge >= 0.3 is 0 Å². The van der Waals surface area contributed by atoms with Crippen molar-refractivity contribution in [3.63, 3.8) is 0 Å². The zero-order valence-corrected chi connectivity index (χ0v) is 22.1. The van der Waals surface area contributed by atoms with Gasteiger partial charge in [-0.2, -0.15) is 0 Å². The molecule has 1 saturated heterocycles. The van der Waals surface area contributed by atoms with Crippen LogP contribution in [0.15, 0.2) is 48.5 Å². The number of halogens is 1. The van der Waals surface area contributed by atoms with E-state index in [1.165, 1.54) is 0 Å². The summed E-state index contributed by atoms with van der Waals surface area (Å²) in [6, 6.07) is 14.4. The number of aromatic nitrogens is 2. The molecule has 1 aliphatic rings. The van der Waals surface area contributed by atoms with Crippen LogP contribution in [0.25, 0.3) is 11.0 Å². The van der Waals surface area contributed by atoms with E-state index < -0.39 is 17.1 Å². The second kappa shape index (κ2) is 10.2. The molecule has 7 nitrogen and oxygen atoms in total. The summed E-state index contributed by atoms with van der Waals surface area (Å²) in [4.78, 5) is 35.9. The standard InChI is InChI=1S/C28H35ClN4O3/c1-18(2)25(32-24(34)14-13-23-30-21-7-5-6-8-22(21)31-23)26(35)33-16-15-28(36,27(3,4)17-33)19-9-11-20(29)12-10-19/h5-12,18,25,36H,13-17H2,1-4H3,(H,30,31)(H,32,34)/t25-,28+/m1/s1. The number of likely N-dealkylation sites (tertiary alicyclic amines) is 1. The largest absolute Gasteiger partial charge is 0.384 e. The number of nitrogens with zero attached hydrogens (tertiary/aromatic N) is 2. The summed E-state index contributed by atoms with van der Waals surface area (Å²) in [5, 5.41) is 15.2. The Bertz CT molecular complexity index is 1200. The fraction of sp³-hybridized carbons (Fsp3) is 0.464. The number of aromatic amines is 1. The lowest BCUT2D eigenvalue weighted by molar-refractivity contribution is -0.156. The van der Waals surface area contributed by atoms with Crippen LogP contribution in [0, 0.1) is 11.3 Å². The molecule has 3 N–H and O–H groups in total. The second-order valence-electron chi connectivity index (χ2n) is 10.8. The molecule has 2 aromatic carbocycles. The third kappa shape index (κ3) is 5.27. The summed E-state index contributed by atoms with van der Waals surface area (Å²) in [6.07, 6.45) is 1.10. The van der Waals surface area contributed by atoms with Gasteiger partial charge in [0.15, 0.2) is 0 Å². The van der Waals surface area contributed by atoms with Crippen molar-refractivity contribution in [1.29, 1.82) is 0 Å². The Kier molecular flexibility index (Phi) is 7.43. The molecule has 2 heterocycles. The van der Waals surface area contributed by atoms with Crippen LogP contribution in [-0.4, -0.2) is 50.9 Å². The fourth-order valence-corrected chi connectivity index (χ4v) is 5.21. The Morgan fingerprint density at radius 3 is 2.50 bits per heavy atom. The van der Waals surface area contributed by atoms with Crippen LogP contribution in [0.2, 0.25) is 5.02 Å². The number of hydrogen-bond acceptors (Lipinski definition) is 4. The highest BCUT2D eigenvalue weighted by Gasteiger charge is 2.50. The number of carbonyl (C=O) groups is 2. The van der Waals surface area contributed by atoms with Crippen LogP contribution in [0.3, 0.4) is 0 Å². The SMILES string of the molecule is CC(C)[C@@H](NC(=O)CCc1nc2ccccc2[nH]1)C(=O)N1CC[C@](O)(c2ccc(Cl)cc2)C(C)(C)C1. The summed E-state index contributed by atoms with van der Waals surface area (Å²) < 4.78 is 0. The average Bonchev–Trinajstić information content (AvgIpc) is 3.26. The first-order valence-corrected chi connectivity index (χ1v) is 12.9. The van der Waals surface area contributed by atoms with Gasteiger partial charge in [0.2, 0.25) is 11.8 Å². The van der Waals surface area contributed by atoms with Gasteiger partial charge in [0.1, 0.15) is 11.9 Å². The Balaban J connectivity index is 1.40. The minimum Gasteiger partial charge on any atom is -0.384 e. The van der Waals surface area contributed by atoms with Crippen LogP contribution in [0.4, 0.5) is 0 Å². The highest BCUT2D eigenvalue weighted by Crippen LogP contribution is 2.46.